The lowest BCUT2D eigenvalue weighted by molar-refractivity contribution is 0.0938. The van der Waals surface area contributed by atoms with Gasteiger partial charge in [-0.25, -0.2) is 18.9 Å². The van der Waals surface area contributed by atoms with Gasteiger partial charge in [-0.05, 0) is 50.2 Å². The van der Waals surface area contributed by atoms with Crippen LogP contribution in [0, 0.1) is 24.6 Å². The van der Waals surface area contributed by atoms with E-state index in [-0.39, 0.29) is 16.9 Å². The average molecular weight is 547 g/mol. The van der Waals surface area contributed by atoms with Crippen LogP contribution in [0.1, 0.15) is 46.0 Å². The van der Waals surface area contributed by atoms with E-state index < -0.39 is 23.3 Å². The number of rotatable bonds is 4. The Labute approximate surface area is 233 Å². The van der Waals surface area contributed by atoms with E-state index in [2.05, 4.69) is 32.3 Å². The van der Waals surface area contributed by atoms with Gasteiger partial charge in [0.1, 0.15) is 17.2 Å². The molecule has 1 amide bonds. The molecule has 1 N–H and O–H groups in total. The van der Waals surface area contributed by atoms with E-state index in [1.165, 1.54) is 27.3 Å². The number of amides is 1. The first kappa shape index (κ1) is 25.6. The van der Waals surface area contributed by atoms with Crippen molar-refractivity contribution in [3.8, 4) is 17.5 Å². The fourth-order valence-electron chi connectivity index (χ4n) is 4.73. The summed E-state index contributed by atoms with van der Waals surface area (Å²) in [6.45, 7) is 3.43. The Bertz CT molecular complexity index is 2100. The highest BCUT2D eigenvalue weighted by molar-refractivity contribution is 6.01. The fraction of sp³-hybridized carbons (Fsp3) is 0.133. The van der Waals surface area contributed by atoms with Crippen LogP contribution in [0.2, 0.25) is 0 Å². The molecule has 6 aromatic rings. The lowest BCUT2D eigenvalue weighted by Crippen LogP contribution is -2.33. The molecule has 41 heavy (non-hydrogen) atoms. The standard InChI is InChI=1S/C30H23FN8O2/c1-18-25(28-32-13-6-14-38(28)36-18)29(40)34-19(2)27-35-24-10-4-7-21(12-11-20-16-33-37(3)17-20)26(24)30(41)39(27)23-9-5-8-22(31)15-23/h4-10,13-17,19H,1-3H3,(H,34,40)/t19-/m0/s1. The highest BCUT2D eigenvalue weighted by Crippen LogP contribution is 2.22. The van der Waals surface area contributed by atoms with Crippen LogP contribution in [0.4, 0.5) is 4.39 Å². The van der Waals surface area contributed by atoms with Gasteiger partial charge in [0.15, 0.2) is 5.65 Å². The normalized spacial score (nSPS) is 11.8. The summed E-state index contributed by atoms with van der Waals surface area (Å²) in [5.41, 5.74) is 2.58. The topological polar surface area (TPSA) is 112 Å². The number of carbonyl (C=O) groups is 1. The van der Waals surface area contributed by atoms with Crippen LogP contribution in [-0.2, 0) is 7.05 Å². The maximum Gasteiger partial charge on any atom is 0.267 e. The minimum absolute atomic E-state index is 0.223. The van der Waals surface area contributed by atoms with E-state index >= 15 is 0 Å². The van der Waals surface area contributed by atoms with Gasteiger partial charge in [0, 0.05) is 31.2 Å². The van der Waals surface area contributed by atoms with Crippen molar-refractivity contribution in [2.24, 2.45) is 7.05 Å². The van der Waals surface area contributed by atoms with E-state index in [1.54, 1.807) is 80.7 Å². The zero-order valence-corrected chi connectivity index (χ0v) is 22.3. The van der Waals surface area contributed by atoms with Gasteiger partial charge in [0.2, 0.25) is 0 Å². The largest absolute Gasteiger partial charge is 0.342 e. The van der Waals surface area contributed by atoms with Crippen molar-refractivity contribution >= 4 is 22.5 Å². The van der Waals surface area contributed by atoms with Gasteiger partial charge >= 0.3 is 0 Å². The average Bonchev–Trinajstić information content (AvgIpc) is 3.52. The molecule has 0 saturated heterocycles. The molecule has 4 aromatic heterocycles. The molecule has 11 heteroatoms. The summed E-state index contributed by atoms with van der Waals surface area (Å²) in [5, 5.41) is 11.7. The SMILES string of the molecule is Cc1nn2cccnc2c1C(=O)N[C@@H](C)c1nc2cccc(C#Cc3cnn(C)c3)c2c(=O)n1-c1cccc(F)c1. The second-order valence-electron chi connectivity index (χ2n) is 9.49. The molecule has 0 saturated carbocycles. The summed E-state index contributed by atoms with van der Waals surface area (Å²) in [4.78, 5) is 36.6. The first-order chi connectivity index (χ1) is 19.8. The van der Waals surface area contributed by atoms with Crippen molar-refractivity contribution in [2.45, 2.75) is 19.9 Å². The molecule has 0 aliphatic rings. The highest BCUT2D eigenvalue weighted by atomic mass is 19.1. The molecular formula is C30H23FN8O2. The molecule has 0 aliphatic carbocycles. The molecule has 0 unspecified atom stereocenters. The number of aryl methyl sites for hydroxylation is 2. The Balaban J connectivity index is 1.49. The quantitative estimate of drug-likeness (QED) is 0.339. The van der Waals surface area contributed by atoms with Gasteiger partial charge in [-0.15, -0.1) is 0 Å². The van der Waals surface area contributed by atoms with E-state index in [1.807, 2.05) is 0 Å². The monoisotopic (exact) mass is 546 g/mol. The van der Waals surface area contributed by atoms with Crippen LogP contribution < -0.4 is 10.9 Å². The molecule has 0 aliphatic heterocycles. The molecular weight excluding hydrogens is 523 g/mol. The second-order valence-corrected chi connectivity index (χ2v) is 9.49. The lowest BCUT2D eigenvalue weighted by Gasteiger charge is -2.20. The Morgan fingerprint density at radius 1 is 1.12 bits per heavy atom. The Kier molecular flexibility index (Phi) is 6.35. The first-order valence-corrected chi connectivity index (χ1v) is 12.7. The van der Waals surface area contributed by atoms with E-state index in [9.17, 15) is 14.0 Å². The van der Waals surface area contributed by atoms with Gasteiger partial charge in [0.05, 0.1) is 40.1 Å². The number of hydrogen-bond donors (Lipinski definition) is 1. The smallest absolute Gasteiger partial charge is 0.267 e. The summed E-state index contributed by atoms with van der Waals surface area (Å²) in [7, 11) is 1.79. The molecule has 0 spiro atoms. The van der Waals surface area contributed by atoms with Gasteiger partial charge in [0.25, 0.3) is 11.5 Å². The first-order valence-electron chi connectivity index (χ1n) is 12.7. The molecule has 1 atom stereocenters. The highest BCUT2D eigenvalue weighted by Gasteiger charge is 2.24. The van der Waals surface area contributed by atoms with Crippen LogP contribution in [0.5, 0.6) is 0 Å². The third-order valence-electron chi connectivity index (χ3n) is 6.57. The predicted molar refractivity (Wildman–Crippen MR) is 150 cm³/mol. The van der Waals surface area contributed by atoms with Crippen molar-refractivity contribution in [3.63, 3.8) is 0 Å². The van der Waals surface area contributed by atoms with Crippen molar-refractivity contribution < 1.29 is 9.18 Å². The van der Waals surface area contributed by atoms with Gasteiger partial charge in [-0.1, -0.05) is 24.0 Å². The molecule has 0 radical (unpaired) electrons. The Morgan fingerprint density at radius 3 is 2.73 bits per heavy atom. The number of fused-ring (bicyclic) bond motifs is 2. The number of nitrogens with one attached hydrogen (secondary N) is 1. The molecule has 202 valence electrons. The number of benzene rings is 2. The zero-order valence-electron chi connectivity index (χ0n) is 22.3. The summed E-state index contributed by atoms with van der Waals surface area (Å²) in [6, 6.07) is 11.8. The van der Waals surface area contributed by atoms with Crippen LogP contribution in [0.15, 0.2) is 78.1 Å². The van der Waals surface area contributed by atoms with Crippen LogP contribution >= 0.6 is 0 Å². The van der Waals surface area contributed by atoms with Gasteiger partial charge in [-0.2, -0.15) is 10.2 Å². The summed E-state index contributed by atoms with van der Waals surface area (Å²) < 4.78 is 18.8. The van der Waals surface area contributed by atoms with Crippen molar-refractivity contribution in [1.29, 1.82) is 0 Å². The van der Waals surface area contributed by atoms with Crippen LogP contribution in [-0.4, -0.2) is 39.8 Å². The van der Waals surface area contributed by atoms with E-state index in [0.29, 0.717) is 33.5 Å². The predicted octanol–water partition coefficient (Wildman–Crippen LogP) is 3.50. The second kappa shape index (κ2) is 10.2. The Morgan fingerprint density at radius 2 is 1.95 bits per heavy atom. The third-order valence-corrected chi connectivity index (χ3v) is 6.57. The number of nitrogens with zero attached hydrogens (tertiary/aromatic N) is 7. The molecule has 2 aromatic carbocycles. The lowest BCUT2D eigenvalue weighted by atomic mass is 10.1. The maximum atomic E-state index is 14.4. The molecule has 4 heterocycles. The van der Waals surface area contributed by atoms with Gasteiger partial charge in [-0.3, -0.25) is 18.8 Å². The molecule has 10 nitrogen and oxygen atoms in total. The van der Waals surface area contributed by atoms with Crippen molar-refractivity contribution in [2.75, 3.05) is 0 Å². The Hall–Kier alpha value is -5.63. The summed E-state index contributed by atoms with van der Waals surface area (Å²) in [5.74, 6) is 5.36. The van der Waals surface area contributed by atoms with Crippen LogP contribution in [0.25, 0.3) is 22.2 Å². The zero-order chi connectivity index (χ0) is 28.7. The molecule has 0 bridgehead atoms. The number of carbonyl (C=O) groups excluding carboxylic acids is 1. The minimum atomic E-state index is -0.758. The maximum absolute atomic E-state index is 14.4. The molecule has 0 fully saturated rings. The summed E-state index contributed by atoms with van der Waals surface area (Å²) >= 11 is 0. The minimum Gasteiger partial charge on any atom is -0.342 e. The van der Waals surface area contributed by atoms with Crippen molar-refractivity contribution in [3.05, 3.63) is 118 Å². The summed E-state index contributed by atoms with van der Waals surface area (Å²) in [6.07, 6.45) is 6.69. The number of aromatic nitrogens is 7. The fourth-order valence-corrected chi connectivity index (χ4v) is 4.73. The van der Waals surface area contributed by atoms with E-state index in [4.69, 9.17) is 4.98 Å². The van der Waals surface area contributed by atoms with Crippen LogP contribution in [0.3, 0.4) is 0 Å². The third kappa shape index (κ3) is 4.72. The number of halogens is 1. The van der Waals surface area contributed by atoms with Gasteiger partial charge < -0.3 is 5.32 Å². The van der Waals surface area contributed by atoms with E-state index in [0.717, 1.165) is 0 Å². The number of hydrogen-bond acceptors (Lipinski definition) is 6. The molecule has 6 rings (SSSR count). The van der Waals surface area contributed by atoms with Crippen molar-refractivity contribution in [1.82, 2.24) is 39.2 Å².